The first-order valence-corrected chi connectivity index (χ1v) is 10.7. The maximum atomic E-state index is 13.5. The summed E-state index contributed by atoms with van der Waals surface area (Å²) in [5.41, 5.74) is 1.47. The van der Waals surface area contributed by atoms with Crippen LogP contribution in [0.2, 0.25) is 0 Å². The van der Waals surface area contributed by atoms with E-state index in [-0.39, 0.29) is 11.4 Å². The van der Waals surface area contributed by atoms with E-state index in [1.807, 2.05) is 24.3 Å². The van der Waals surface area contributed by atoms with Gasteiger partial charge in [0.15, 0.2) is 0 Å². The largest absolute Gasteiger partial charge is 0.341 e. The van der Waals surface area contributed by atoms with Crippen LogP contribution in [0.3, 0.4) is 0 Å². The molecule has 3 fully saturated rings. The van der Waals surface area contributed by atoms with E-state index in [0.717, 1.165) is 62.7 Å². The maximum Gasteiger partial charge on any atom is 0.318 e. The molecule has 0 spiro atoms. The van der Waals surface area contributed by atoms with Gasteiger partial charge in [0.2, 0.25) is 5.91 Å². The molecule has 28 heavy (non-hydrogen) atoms. The molecule has 152 valence electrons. The van der Waals surface area contributed by atoms with Crippen molar-refractivity contribution < 1.29 is 9.59 Å². The van der Waals surface area contributed by atoms with Crippen LogP contribution in [0.4, 0.5) is 10.5 Å². The predicted molar refractivity (Wildman–Crippen MR) is 110 cm³/mol. The van der Waals surface area contributed by atoms with Gasteiger partial charge in [-0.25, -0.2) is 4.79 Å². The van der Waals surface area contributed by atoms with E-state index < -0.39 is 0 Å². The van der Waals surface area contributed by atoms with Crippen molar-refractivity contribution in [1.82, 2.24) is 15.1 Å². The third-order valence-corrected chi connectivity index (χ3v) is 6.98. The number of hydrogen-bond acceptors (Lipinski definition) is 3. The third kappa shape index (κ3) is 3.62. The lowest BCUT2D eigenvalue weighted by molar-refractivity contribution is -0.143. The molecule has 4 rings (SSSR count). The second kappa shape index (κ2) is 8.11. The molecule has 6 heteroatoms. The van der Waals surface area contributed by atoms with Gasteiger partial charge in [0.25, 0.3) is 0 Å². The molecule has 0 unspecified atom stereocenters. The molecule has 0 aromatic heterocycles. The van der Waals surface area contributed by atoms with Gasteiger partial charge in [-0.1, -0.05) is 31.4 Å². The number of amides is 3. The van der Waals surface area contributed by atoms with Crippen LogP contribution in [-0.2, 0) is 10.2 Å². The molecule has 3 amide bonds. The number of nitrogens with zero attached hydrogens (tertiary/aromatic N) is 2. The lowest BCUT2D eigenvalue weighted by Gasteiger charge is -2.46. The van der Waals surface area contributed by atoms with E-state index >= 15 is 0 Å². The molecule has 1 aliphatic heterocycles. The Labute approximate surface area is 167 Å². The lowest BCUT2D eigenvalue weighted by Crippen LogP contribution is -2.57. The van der Waals surface area contributed by atoms with Gasteiger partial charge in [-0.2, -0.15) is 0 Å². The summed E-state index contributed by atoms with van der Waals surface area (Å²) < 4.78 is 0. The number of hydrogen-bond donors (Lipinski definition) is 2. The average Bonchev–Trinajstić information content (AvgIpc) is 3.23. The van der Waals surface area contributed by atoms with E-state index in [2.05, 4.69) is 20.4 Å². The molecular formula is C22H32N4O2. The minimum Gasteiger partial charge on any atom is -0.341 e. The number of carbonyl (C=O) groups is 2. The van der Waals surface area contributed by atoms with Crippen molar-refractivity contribution in [2.45, 2.75) is 56.4 Å². The number of anilines is 1. The Balaban J connectivity index is 1.41. The number of benzene rings is 1. The summed E-state index contributed by atoms with van der Waals surface area (Å²) in [6, 6.07) is 8.33. The maximum absolute atomic E-state index is 13.5. The fourth-order valence-corrected chi connectivity index (χ4v) is 5.08. The summed E-state index contributed by atoms with van der Waals surface area (Å²) in [7, 11) is 1.60. The van der Waals surface area contributed by atoms with Gasteiger partial charge < -0.3 is 15.5 Å². The molecule has 0 bridgehead atoms. The van der Waals surface area contributed by atoms with Crippen molar-refractivity contribution in [2.24, 2.45) is 0 Å². The first-order chi connectivity index (χ1) is 13.6. The molecule has 0 atom stereocenters. The van der Waals surface area contributed by atoms with Gasteiger partial charge in [-0.05, 0) is 43.4 Å². The van der Waals surface area contributed by atoms with Crippen LogP contribution in [0.5, 0.6) is 0 Å². The quantitative estimate of drug-likeness (QED) is 0.839. The van der Waals surface area contributed by atoms with Crippen LogP contribution in [0.25, 0.3) is 0 Å². The second-order valence-electron chi connectivity index (χ2n) is 8.48. The lowest BCUT2D eigenvalue weighted by atomic mass is 9.63. The first kappa shape index (κ1) is 19.2. The van der Waals surface area contributed by atoms with E-state index in [9.17, 15) is 9.59 Å². The molecule has 1 saturated heterocycles. The summed E-state index contributed by atoms with van der Waals surface area (Å²) in [5.74, 6) is 0.303. The van der Waals surface area contributed by atoms with Crippen molar-refractivity contribution in [3.05, 3.63) is 29.8 Å². The normalized spacial score (nSPS) is 22.5. The topological polar surface area (TPSA) is 64.7 Å². The second-order valence-corrected chi connectivity index (χ2v) is 8.48. The number of rotatable bonds is 4. The zero-order chi connectivity index (χ0) is 19.6. The molecule has 1 heterocycles. The zero-order valence-electron chi connectivity index (χ0n) is 16.9. The summed E-state index contributed by atoms with van der Waals surface area (Å²) in [4.78, 5) is 29.6. The van der Waals surface area contributed by atoms with Gasteiger partial charge in [-0.15, -0.1) is 0 Å². The van der Waals surface area contributed by atoms with Crippen LogP contribution in [0.15, 0.2) is 24.3 Å². The van der Waals surface area contributed by atoms with E-state index in [0.29, 0.717) is 5.91 Å². The van der Waals surface area contributed by atoms with Crippen LogP contribution >= 0.6 is 0 Å². The summed E-state index contributed by atoms with van der Waals surface area (Å²) >= 11 is 0. The van der Waals surface area contributed by atoms with Crippen molar-refractivity contribution in [1.29, 1.82) is 0 Å². The molecule has 2 saturated carbocycles. The van der Waals surface area contributed by atoms with Crippen LogP contribution in [0.1, 0.15) is 50.5 Å². The highest BCUT2D eigenvalue weighted by Crippen LogP contribution is 2.45. The SMILES string of the molecule is CNC(=O)Nc1ccc(C2(C(=O)N3CCN(C4CCCC4)CC3)CCC2)cc1. The highest BCUT2D eigenvalue weighted by atomic mass is 16.2. The Hall–Kier alpha value is -2.08. The first-order valence-electron chi connectivity index (χ1n) is 10.7. The Bertz CT molecular complexity index is 700. The Morgan fingerprint density at radius 2 is 1.61 bits per heavy atom. The number of carbonyl (C=O) groups excluding carboxylic acids is 2. The van der Waals surface area contributed by atoms with Crippen LogP contribution < -0.4 is 10.6 Å². The fraction of sp³-hybridized carbons (Fsp3) is 0.636. The van der Waals surface area contributed by atoms with Gasteiger partial charge in [0.1, 0.15) is 0 Å². The molecule has 3 aliphatic rings. The molecule has 2 N–H and O–H groups in total. The van der Waals surface area contributed by atoms with Gasteiger partial charge >= 0.3 is 6.03 Å². The Morgan fingerprint density at radius 1 is 0.964 bits per heavy atom. The smallest absolute Gasteiger partial charge is 0.318 e. The highest BCUT2D eigenvalue weighted by molar-refractivity contribution is 5.91. The van der Waals surface area contributed by atoms with Gasteiger partial charge in [-0.3, -0.25) is 9.69 Å². The summed E-state index contributed by atoms with van der Waals surface area (Å²) in [6.45, 7) is 3.74. The van der Waals surface area contributed by atoms with Crippen LogP contribution in [-0.4, -0.2) is 61.0 Å². The van der Waals surface area contributed by atoms with Crippen molar-refractivity contribution in [2.75, 3.05) is 38.5 Å². The average molecular weight is 385 g/mol. The number of nitrogens with one attached hydrogen (secondary N) is 2. The number of piperazine rings is 1. The Morgan fingerprint density at radius 3 is 2.14 bits per heavy atom. The minimum atomic E-state index is -0.360. The van der Waals surface area contributed by atoms with E-state index in [1.165, 1.54) is 25.7 Å². The minimum absolute atomic E-state index is 0.234. The van der Waals surface area contributed by atoms with Gasteiger partial charge in [0, 0.05) is 45.0 Å². The molecule has 6 nitrogen and oxygen atoms in total. The molecule has 2 aliphatic carbocycles. The molecule has 1 aromatic rings. The standard InChI is InChI=1S/C22H32N4O2/c1-23-21(28)24-18-9-7-17(8-10-18)22(11-4-12-22)20(27)26-15-13-25(14-16-26)19-5-2-3-6-19/h7-10,19H,2-6,11-16H2,1H3,(H2,23,24,28). The van der Waals surface area contributed by atoms with E-state index in [4.69, 9.17) is 0 Å². The monoisotopic (exact) mass is 384 g/mol. The molecule has 1 aromatic carbocycles. The third-order valence-electron chi connectivity index (χ3n) is 6.98. The highest BCUT2D eigenvalue weighted by Gasteiger charge is 2.48. The van der Waals surface area contributed by atoms with Gasteiger partial charge in [0.05, 0.1) is 5.41 Å². The van der Waals surface area contributed by atoms with Crippen molar-refractivity contribution >= 4 is 17.6 Å². The Kier molecular flexibility index (Phi) is 5.58. The van der Waals surface area contributed by atoms with Crippen molar-refractivity contribution in [3.63, 3.8) is 0 Å². The van der Waals surface area contributed by atoms with Crippen LogP contribution in [0, 0.1) is 0 Å². The summed E-state index contributed by atoms with van der Waals surface area (Å²) in [6.07, 6.45) is 8.33. The molecular weight excluding hydrogens is 352 g/mol. The fourth-order valence-electron chi connectivity index (χ4n) is 5.08. The summed E-state index contributed by atoms with van der Waals surface area (Å²) in [5, 5.41) is 5.33. The van der Waals surface area contributed by atoms with E-state index in [1.54, 1.807) is 7.05 Å². The predicted octanol–water partition coefficient (Wildman–Crippen LogP) is 2.95. The zero-order valence-corrected chi connectivity index (χ0v) is 16.9. The molecule has 0 radical (unpaired) electrons. The van der Waals surface area contributed by atoms with Crippen molar-refractivity contribution in [3.8, 4) is 0 Å². The number of urea groups is 1.